The smallest absolute Gasteiger partial charge is 0.335 e. The molecule has 3 aliphatic heterocycles. The molecule has 4 aliphatic rings. The Kier molecular flexibility index (Phi) is 7.91. The number of sulfone groups is 1. The minimum Gasteiger partial charge on any atom is -0.478 e. The van der Waals surface area contributed by atoms with E-state index in [0.717, 1.165) is 61.6 Å². The van der Waals surface area contributed by atoms with E-state index in [-0.39, 0.29) is 23.5 Å². The minimum atomic E-state index is -3.23. The number of aromatic nitrogens is 3. The summed E-state index contributed by atoms with van der Waals surface area (Å²) in [5, 5.41) is 9.59. The molecule has 11 nitrogen and oxygen atoms in total. The quantitative estimate of drug-likeness (QED) is 0.351. The van der Waals surface area contributed by atoms with Crippen molar-refractivity contribution >= 4 is 32.7 Å². The fraction of sp³-hybridized carbons (Fsp3) is 0.485. The summed E-state index contributed by atoms with van der Waals surface area (Å²) in [6.07, 6.45) is 9.94. The molecule has 238 valence electrons. The third-order valence-corrected chi connectivity index (χ3v) is 10.8. The third-order valence-electron chi connectivity index (χ3n) is 9.71. The van der Waals surface area contributed by atoms with E-state index in [9.17, 15) is 18.3 Å². The lowest BCUT2D eigenvalue weighted by Crippen LogP contribution is -2.53. The molecule has 3 fully saturated rings. The van der Waals surface area contributed by atoms with Crippen LogP contribution in [-0.4, -0.2) is 89.7 Å². The van der Waals surface area contributed by atoms with Crippen molar-refractivity contribution < 1.29 is 27.8 Å². The van der Waals surface area contributed by atoms with Gasteiger partial charge in [0.05, 0.1) is 47.3 Å². The van der Waals surface area contributed by atoms with Gasteiger partial charge < -0.3 is 24.0 Å². The normalized spacial score (nSPS) is 26.6. The van der Waals surface area contributed by atoms with Gasteiger partial charge in [-0.1, -0.05) is 25.1 Å². The minimum absolute atomic E-state index is 0.0419. The highest BCUT2D eigenvalue weighted by Gasteiger charge is 2.41. The highest BCUT2D eigenvalue weighted by molar-refractivity contribution is 7.94. The first-order chi connectivity index (χ1) is 21.6. The number of piperazine rings is 1. The van der Waals surface area contributed by atoms with Gasteiger partial charge in [0.15, 0.2) is 9.84 Å². The first-order valence-electron chi connectivity index (χ1n) is 15.7. The van der Waals surface area contributed by atoms with E-state index < -0.39 is 15.8 Å². The Hall–Kier alpha value is -3.74. The van der Waals surface area contributed by atoms with Crippen molar-refractivity contribution in [2.24, 2.45) is 11.8 Å². The van der Waals surface area contributed by atoms with E-state index >= 15 is 0 Å². The van der Waals surface area contributed by atoms with Crippen LogP contribution in [0, 0.1) is 11.8 Å². The lowest BCUT2D eigenvalue weighted by molar-refractivity contribution is -0.0592. The lowest BCUT2D eigenvalue weighted by Gasteiger charge is -2.41. The SMILES string of the molecule is CC1C=C(S(C)(=O)=O)C=CC1COc1cccc(N2CC3CCC(C2)N3Cc2nc3ccc(C(=O)O)cc3n2C[C@@H]2CCO2)n1. The number of carboxylic acid groups (broad SMARTS) is 1. The molecule has 3 aromatic rings. The van der Waals surface area contributed by atoms with Gasteiger partial charge in [-0.15, -0.1) is 0 Å². The van der Waals surface area contributed by atoms with Crippen LogP contribution in [0.15, 0.2) is 59.5 Å². The van der Waals surface area contributed by atoms with Gasteiger partial charge in [-0.25, -0.2) is 18.2 Å². The monoisotopic (exact) mass is 633 g/mol. The average molecular weight is 634 g/mol. The van der Waals surface area contributed by atoms with Crippen LogP contribution in [-0.2, 0) is 27.7 Å². The Balaban J connectivity index is 1.03. The molecule has 3 saturated heterocycles. The molecule has 0 amide bonds. The summed E-state index contributed by atoms with van der Waals surface area (Å²) in [5.74, 6) is 1.58. The summed E-state index contributed by atoms with van der Waals surface area (Å²) >= 11 is 0. The molecule has 45 heavy (non-hydrogen) atoms. The Morgan fingerprint density at radius 3 is 2.56 bits per heavy atom. The number of benzene rings is 1. The topological polar surface area (TPSA) is 127 Å². The molecule has 4 unspecified atom stereocenters. The molecule has 0 radical (unpaired) electrons. The van der Waals surface area contributed by atoms with Crippen molar-refractivity contribution in [1.82, 2.24) is 19.4 Å². The second-order valence-corrected chi connectivity index (χ2v) is 14.8. The second-order valence-electron chi connectivity index (χ2n) is 12.8. The summed E-state index contributed by atoms with van der Waals surface area (Å²) in [7, 11) is -3.23. The zero-order valence-corrected chi connectivity index (χ0v) is 26.4. The average Bonchev–Trinajstić information content (AvgIpc) is 3.43. The molecular formula is C33H39N5O6S. The number of imidazole rings is 1. The van der Waals surface area contributed by atoms with Crippen LogP contribution in [0.25, 0.3) is 11.0 Å². The van der Waals surface area contributed by atoms with Crippen LogP contribution in [0.3, 0.4) is 0 Å². The number of hydrogen-bond acceptors (Lipinski definition) is 9. The number of allylic oxidation sites excluding steroid dienone is 2. The Labute approximate surface area is 263 Å². The van der Waals surface area contributed by atoms with E-state index in [4.69, 9.17) is 19.4 Å². The third kappa shape index (κ3) is 6.10. The van der Waals surface area contributed by atoms with Gasteiger partial charge >= 0.3 is 5.97 Å². The summed E-state index contributed by atoms with van der Waals surface area (Å²) in [4.78, 5) is 26.8. The van der Waals surface area contributed by atoms with Gasteiger partial charge in [-0.3, -0.25) is 4.90 Å². The van der Waals surface area contributed by atoms with Crippen LogP contribution in [0.4, 0.5) is 5.82 Å². The fourth-order valence-corrected chi connectivity index (χ4v) is 7.78. The molecule has 7 rings (SSSR count). The Morgan fingerprint density at radius 2 is 1.89 bits per heavy atom. The summed E-state index contributed by atoms with van der Waals surface area (Å²) in [5.41, 5.74) is 1.92. The highest BCUT2D eigenvalue weighted by atomic mass is 32.2. The van der Waals surface area contributed by atoms with Crippen LogP contribution in [0.1, 0.15) is 42.4 Å². The van der Waals surface area contributed by atoms with Gasteiger partial charge in [-0.2, -0.15) is 4.98 Å². The first kappa shape index (κ1) is 29.9. The van der Waals surface area contributed by atoms with Gasteiger partial charge in [0.2, 0.25) is 5.88 Å². The number of fused-ring (bicyclic) bond motifs is 3. The molecule has 2 bridgehead atoms. The van der Waals surface area contributed by atoms with E-state index in [1.165, 1.54) is 6.26 Å². The molecular weight excluding hydrogens is 594 g/mol. The van der Waals surface area contributed by atoms with Gasteiger partial charge in [0.25, 0.3) is 0 Å². The number of carbonyl (C=O) groups is 1. The predicted molar refractivity (Wildman–Crippen MR) is 170 cm³/mol. The number of aromatic carboxylic acids is 1. The van der Waals surface area contributed by atoms with E-state index in [1.807, 2.05) is 37.3 Å². The molecule has 12 heteroatoms. The van der Waals surface area contributed by atoms with Crippen LogP contribution < -0.4 is 9.64 Å². The molecule has 1 N–H and O–H groups in total. The zero-order chi connectivity index (χ0) is 31.3. The van der Waals surface area contributed by atoms with Gasteiger partial charge in [-0.05, 0) is 55.5 Å². The summed E-state index contributed by atoms with van der Waals surface area (Å²) in [6, 6.07) is 11.7. The maximum Gasteiger partial charge on any atom is 0.335 e. The largest absolute Gasteiger partial charge is 0.478 e. The number of nitrogens with zero attached hydrogens (tertiary/aromatic N) is 5. The Bertz CT molecular complexity index is 1770. The van der Waals surface area contributed by atoms with Gasteiger partial charge in [0.1, 0.15) is 11.6 Å². The standard InChI is InChI=1S/C33H39N5O6S/c1-21-14-27(45(2,41)42)10-6-23(21)20-44-32-5-3-4-30(35-32)36-16-24-8-9-25(17-36)37(24)19-31-34-28-11-7-22(33(39)40)15-29(28)38(31)18-26-12-13-43-26/h3-7,10-11,14-15,21,23-26H,8-9,12-13,16-20H2,1-2H3,(H,39,40)/t21?,23?,24?,25?,26-/m0/s1. The predicted octanol–water partition coefficient (Wildman–Crippen LogP) is 3.90. The van der Waals surface area contributed by atoms with Crippen LogP contribution >= 0.6 is 0 Å². The summed E-state index contributed by atoms with van der Waals surface area (Å²) < 4.78 is 37.8. The molecule has 0 spiro atoms. The second kappa shape index (κ2) is 11.9. The van der Waals surface area contributed by atoms with E-state index in [1.54, 1.807) is 24.3 Å². The van der Waals surface area contributed by atoms with Crippen molar-refractivity contribution in [2.45, 2.75) is 57.5 Å². The molecule has 1 aliphatic carbocycles. The van der Waals surface area contributed by atoms with Crippen molar-refractivity contribution in [2.75, 3.05) is 37.5 Å². The Morgan fingerprint density at radius 1 is 1.11 bits per heavy atom. The first-order valence-corrected chi connectivity index (χ1v) is 17.6. The molecule has 2 aromatic heterocycles. The fourth-order valence-electron chi connectivity index (χ4n) is 6.99. The van der Waals surface area contributed by atoms with Crippen LogP contribution in [0.5, 0.6) is 5.88 Å². The van der Waals surface area contributed by atoms with E-state index in [2.05, 4.69) is 14.4 Å². The van der Waals surface area contributed by atoms with Crippen LogP contribution in [0.2, 0.25) is 0 Å². The number of carboxylic acids is 1. The molecule has 1 aromatic carbocycles. The number of pyridine rings is 1. The number of hydrogen-bond donors (Lipinski definition) is 1. The molecule has 5 heterocycles. The van der Waals surface area contributed by atoms with Crippen molar-refractivity contribution in [3.63, 3.8) is 0 Å². The molecule has 5 atom stereocenters. The lowest BCUT2D eigenvalue weighted by atomic mass is 9.91. The maximum absolute atomic E-state index is 11.9. The van der Waals surface area contributed by atoms with E-state index in [0.29, 0.717) is 42.6 Å². The van der Waals surface area contributed by atoms with Gasteiger partial charge in [0, 0.05) is 50.0 Å². The highest BCUT2D eigenvalue weighted by Crippen LogP contribution is 2.35. The van der Waals surface area contributed by atoms with Crippen molar-refractivity contribution in [1.29, 1.82) is 0 Å². The number of ether oxygens (including phenoxy) is 2. The number of anilines is 1. The van der Waals surface area contributed by atoms with Crippen molar-refractivity contribution in [3.05, 3.63) is 70.9 Å². The van der Waals surface area contributed by atoms with Crippen molar-refractivity contribution in [3.8, 4) is 5.88 Å². The molecule has 0 saturated carbocycles. The maximum atomic E-state index is 11.9. The summed E-state index contributed by atoms with van der Waals surface area (Å²) in [6.45, 7) is 6.26. The zero-order valence-electron chi connectivity index (χ0n) is 25.6. The number of rotatable bonds is 10.